The first-order valence-electron chi connectivity index (χ1n) is 13.3. The number of benzene rings is 1. The Hall–Kier alpha value is -1.51. The van der Waals surface area contributed by atoms with Gasteiger partial charge in [-0.15, -0.1) is 0 Å². The van der Waals surface area contributed by atoms with Gasteiger partial charge in [0.1, 0.15) is 5.75 Å². The Labute approximate surface area is 204 Å². The van der Waals surface area contributed by atoms with Crippen molar-refractivity contribution in [1.82, 2.24) is 0 Å². The number of hydrogen-bond acceptors (Lipinski definition) is 3. The maximum Gasteiger partial charge on any atom is 0.306 e. The number of carbonyl (C=O) groups excluding carboxylic acids is 1. The number of phenolic OH excluding ortho intramolecular Hbond substituents is 1. The van der Waals surface area contributed by atoms with Crippen LogP contribution in [-0.4, -0.2) is 17.7 Å². The van der Waals surface area contributed by atoms with Crippen molar-refractivity contribution in [2.75, 3.05) is 6.61 Å². The molecule has 0 aliphatic carbocycles. The fourth-order valence-electron chi connectivity index (χ4n) is 4.20. The van der Waals surface area contributed by atoms with Gasteiger partial charge in [-0.25, -0.2) is 0 Å². The van der Waals surface area contributed by atoms with Gasteiger partial charge in [-0.1, -0.05) is 119 Å². The second kappa shape index (κ2) is 14.0. The molecular formula is C30H52O3. The van der Waals surface area contributed by atoms with E-state index in [1.807, 2.05) is 0 Å². The molecule has 0 saturated heterocycles. The van der Waals surface area contributed by atoms with E-state index in [-0.39, 0.29) is 16.8 Å². The first kappa shape index (κ1) is 29.5. The number of unbranched alkanes of at least 4 members (excludes halogenated alkanes) is 7. The molecule has 0 saturated carbocycles. The molecule has 0 spiro atoms. The lowest BCUT2D eigenvalue weighted by Crippen LogP contribution is -2.18. The molecule has 33 heavy (non-hydrogen) atoms. The molecule has 0 amide bonds. The summed E-state index contributed by atoms with van der Waals surface area (Å²) in [7, 11) is 0. The van der Waals surface area contributed by atoms with Crippen LogP contribution in [0.1, 0.15) is 136 Å². The van der Waals surface area contributed by atoms with Crippen LogP contribution in [0, 0.1) is 5.92 Å². The monoisotopic (exact) mass is 460 g/mol. The van der Waals surface area contributed by atoms with Gasteiger partial charge in [-0.2, -0.15) is 0 Å². The van der Waals surface area contributed by atoms with E-state index in [9.17, 15) is 9.90 Å². The molecule has 0 radical (unpaired) electrons. The van der Waals surface area contributed by atoms with E-state index in [1.54, 1.807) is 0 Å². The normalized spacial score (nSPS) is 12.4. The van der Waals surface area contributed by atoms with E-state index in [0.717, 1.165) is 35.4 Å². The zero-order valence-electron chi connectivity index (χ0n) is 23.0. The van der Waals surface area contributed by atoms with Crippen LogP contribution < -0.4 is 0 Å². The number of phenols is 1. The van der Waals surface area contributed by atoms with Crippen LogP contribution in [-0.2, 0) is 26.8 Å². The first-order chi connectivity index (χ1) is 15.3. The lowest BCUT2D eigenvalue weighted by molar-refractivity contribution is -0.143. The van der Waals surface area contributed by atoms with Crippen molar-refractivity contribution in [3.63, 3.8) is 0 Å². The van der Waals surface area contributed by atoms with Crippen molar-refractivity contribution < 1.29 is 14.6 Å². The number of ether oxygens (including phenoxy) is 1. The molecule has 1 N–H and O–H groups in total. The number of hydrogen-bond donors (Lipinski definition) is 1. The molecule has 3 heteroatoms. The Bertz CT molecular complexity index is 669. The van der Waals surface area contributed by atoms with Crippen molar-refractivity contribution in [2.24, 2.45) is 5.92 Å². The van der Waals surface area contributed by atoms with Crippen LogP contribution >= 0.6 is 0 Å². The summed E-state index contributed by atoms with van der Waals surface area (Å²) in [6.45, 7) is 17.8. The molecule has 1 aromatic rings. The Morgan fingerprint density at radius 1 is 0.818 bits per heavy atom. The molecule has 0 bridgehead atoms. The Kier molecular flexibility index (Phi) is 12.5. The molecule has 1 rings (SSSR count). The molecule has 0 heterocycles. The fraction of sp³-hybridized carbons (Fsp3) is 0.767. The van der Waals surface area contributed by atoms with Crippen molar-refractivity contribution in [1.29, 1.82) is 0 Å². The van der Waals surface area contributed by atoms with Crippen molar-refractivity contribution in [3.05, 3.63) is 28.8 Å². The highest BCUT2D eigenvalue weighted by Crippen LogP contribution is 2.40. The highest BCUT2D eigenvalue weighted by molar-refractivity contribution is 5.69. The molecule has 0 aliphatic heterocycles. The Morgan fingerprint density at radius 2 is 1.27 bits per heavy atom. The number of carbonyl (C=O) groups is 1. The molecule has 0 aromatic heterocycles. The SMILES string of the molecule is CC(C)CCCCCCCCCCOC(=O)CCc1cc(C(C)(C)C)c(O)c(C(C)(C)C)c1. The van der Waals surface area contributed by atoms with Crippen LogP contribution in [0.15, 0.2) is 12.1 Å². The second-order valence-corrected chi connectivity index (χ2v) is 12.3. The van der Waals surface area contributed by atoms with Crippen molar-refractivity contribution in [2.45, 2.75) is 137 Å². The van der Waals surface area contributed by atoms with Crippen molar-refractivity contribution >= 4 is 5.97 Å². The standard InChI is InChI=1S/C30H52O3/c1-23(2)17-15-13-11-9-10-12-14-16-20-33-27(31)19-18-24-21-25(29(3,4)5)28(32)26(22-24)30(6,7)8/h21-23,32H,9-20H2,1-8H3. The summed E-state index contributed by atoms with van der Waals surface area (Å²) in [4.78, 5) is 12.3. The minimum Gasteiger partial charge on any atom is -0.507 e. The highest BCUT2D eigenvalue weighted by atomic mass is 16.5. The summed E-state index contributed by atoms with van der Waals surface area (Å²) in [5, 5.41) is 10.8. The smallest absolute Gasteiger partial charge is 0.306 e. The minimum atomic E-state index is -0.158. The maximum absolute atomic E-state index is 12.3. The van der Waals surface area contributed by atoms with Gasteiger partial charge < -0.3 is 9.84 Å². The summed E-state index contributed by atoms with van der Waals surface area (Å²) in [6.07, 6.45) is 12.4. The molecule has 3 nitrogen and oxygen atoms in total. The van der Waals surface area contributed by atoms with E-state index in [4.69, 9.17) is 4.74 Å². The van der Waals surface area contributed by atoms with Crippen molar-refractivity contribution in [3.8, 4) is 5.75 Å². The van der Waals surface area contributed by atoms with Crippen LogP contribution in [0.3, 0.4) is 0 Å². The summed E-state index contributed by atoms with van der Waals surface area (Å²) in [5.41, 5.74) is 2.66. The second-order valence-electron chi connectivity index (χ2n) is 12.3. The zero-order chi connectivity index (χ0) is 25.1. The third-order valence-electron chi connectivity index (χ3n) is 6.34. The summed E-state index contributed by atoms with van der Waals surface area (Å²) < 4.78 is 5.48. The maximum atomic E-state index is 12.3. The largest absolute Gasteiger partial charge is 0.507 e. The molecule has 0 unspecified atom stereocenters. The number of aromatic hydroxyl groups is 1. The van der Waals surface area contributed by atoms with Gasteiger partial charge in [0, 0.05) is 6.42 Å². The zero-order valence-corrected chi connectivity index (χ0v) is 23.0. The average molecular weight is 461 g/mol. The Balaban J connectivity index is 2.35. The van der Waals surface area contributed by atoms with Crippen LogP contribution in [0.4, 0.5) is 0 Å². The van der Waals surface area contributed by atoms with Gasteiger partial charge in [0.2, 0.25) is 0 Å². The van der Waals surface area contributed by atoms with Gasteiger partial charge >= 0.3 is 5.97 Å². The molecular weight excluding hydrogens is 408 g/mol. The number of aryl methyl sites for hydroxylation is 1. The minimum absolute atomic E-state index is 0.122. The quantitative estimate of drug-likeness (QED) is 0.223. The Morgan fingerprint density at radius 3 is 1.73 bits per heavy atom. The van der Waals surface area contributed by atoms with E-state index < -0.39 is 0 Å². The van der Waals surface area contributed by atoms with Gasteiger partial charge in [-0.05, 0) is 46.3 Å². The van der Waals surface area contributed by atoms with Crippen LogP contribution in [0.5, 0.6) is 5.75 Å². The van der Waals surface area contributed by atoms with Gasteiger partial charge in [-0.3, -0.25) is 4.79 Å². The summed E-state index contributed by atoms with van der Waals surface area (Å²) >= 11 is 0. The number of rotatable bonds is 14. The first-order valence-corrected chi connectivity index (χ1v) is 13.3. The van der Waals surface area contributed by atoms with E-state index in [0.29, 0.717) is 25.2 Å². The third-order valence-corrected chi connectivity index (χ3v) is 6.34. The molecule has 0 fully saturated rings. The fourth-order valence-corrected chi connectivity index (χ4v) is 4.20. The van der Waals surface area contributed by atoms with Crippen LogP contribution in [0.2, 0.25) is 0 Å². The van der Waals surface area contributed by atoms with E-state index >= 15 is 0 Å². The molecule has 0 aliphatic rings. The summed E-state index contributed by atoms with van der Waals surface area (Å²) in [5.74, 6) is 1.09. The molecule has 190 valence electrons. The topological polar surface area (TPSA) is 46.5 Å². The van der Waals surface area contributed by atoms with E-state index in [2.05, 4.69) is 67.5 Å². The highest BCUT2D eigenvalue weighted by Gasteiger charge is 2.26. The predicted octanol–water partition coefficient (Wildman–Crippen LogP) is 8.63. The van der Waals surface area contributed by atoms with E-state index in [1.165, 1.54) is 44.9 Å². The number of esters is 1. The van der Waals surface area contributed by atoms with Gasteiger partial charge in [0.05, 0.1) is 6.61 Å². The lowest BCUT2D eigenvalue weighted by Gasteiger charge is -2.28. The third kappa shape index (κ3) is 12.0. The molecule has 0 atom stereocenters. The van der Waals surface area contributed by atoms with Gasteiger partial charge in [0.15, 0.2) is 0 Å². The lowest BCUT2D eigenvalue weighted by atomic mass is 9.78. The van der Waals surface area contributed by atoms with Gasteiger partial charge in [0.25, 0.3) is 0 Å². The van der Waals surface area contributed by atoms with Crippen LogP contribution in [0.25, 0.3) is 0 Å². The predicted molar refractivity (Wildman–Crippen MR) is 141 cm³/mol. The molecule has 1 aromatic carbocycles. The summed E-state index contributed by atoms with van der Waals surface area (Å²) in [6, 6.07) is 4.11. The average Bonchev–Trinajstić information content (AvgIpc) is 2.69.